The van der Waals surface area contributed by atoms with Crippen LogP contribution in [0.5, 0.6) is 0 Å². The second-order valence-electron chi connectivity index (χ2n) is 12.0. The minimum atomic E-state index is -3.55. The Morgan fingerprint density at radius 3 is 1.87 bits per heavy atom. The molecule has 1 N–H and O–H groups in total. The molecule has 0 heterocycles. The first kappa shape index (κ1) is 26.3. The average molecular weight is 543 g/mol. The van der Waals surface area contributed by atoms with Crippen molar-refractivity contribution in [2.45, 2.75) is 68.1 Å². The minimum Gasteiger partial charge on any atom is -0.322 e. The van der Waals surface area contributed by atoms with Crippen LogP contribution in [0, 0.1) is 11.8 Å². The third-order valence-corrected chi connectivity index (χ3v) is 11.7. The van der Waals surface area contributed by atoms with Gasteiger partial charge in [0.05, 0.1) is 4.90 Å². The quantitative estimate of drug-likeness (QED) is 0.342. The Labute approximate surface area is 232 Å². The fraction of sp³-hybridized carbons (Fsp3) is 0.424. The van der Waals surface area contributed by atoms with Gasteiger partial charge in [-0.1, -0.05) is 56.3 Å². The van der Waals surface area contributed by atoms with E-state index in [1.54, 1.807) is 12.1 Å². The Balaban J connectivity index is 1.18. The van der Waals surface area contributed by atoms with Crippen LogP contribution in [0.1, 0.15) is 73.9 Å². The van der Waals surface area contributed by atoms with Crippen molar-refractivity contribution in [2.24, 2.45) is 11.8 Å². The predicted molar refractivity (Wildman–Crippen MR) is 155 cm³/mol. The zero-order chi connectivity index (χ0) is 27.3. The van der Waals surface area contributed by atoms with Gasteiger partial charge in [-0.2, -0.15) is 4.31 Å². The number of hydrogen-bond donors (Lipinski definition) is 1. The topological polar surface area (TPSA) is 66.5 Å². The number of sulfonamides is 1. The Kier molecular flexibility index (Phi) is 6.67. The summed E-state index contributed by atoms with van der Waals surface area (Å²) in [5.74, 6) is 1.34. The molecule has 39 heavy (non-hydrogen) atoms. The van der Waals surface area contributed by atoms with Crippen LogP contribution in [0.3, 0.4) is 0 Å². The van der Waals surface area contributed by atoms with Gasteiger partial charge in [0.2, 0.25) is 10.0 Å². The van der Waals surface area contributed by atoms with Gasteiger partial charge < -0.3 is 5.32 Å². The summed E-state index contributed by atoms with van der Waals surface area (Å²) >= 11 is 0. The highest BCUT2D eigenvalue weighted by Crippen LogP contribution is 2.66. The van der Waals surface area contributed by atoms with Crippen molar-refractivity contribution in [1.29, 1.82) is 0 Å². The molecule has 0 saturated heterocycles. The molecule has 3 aromatic carbocycles. The van der Waals surface area contributed by atoms with E-state index in [-0.39, 0.29) is 16.2 Å². The lowest BCUT2D eigenvalue weighted by Gasteiger charge is -2.62. The molecule has 2 atom stereocenters. The molecule has 4 fully saturated rings. The number of nitrogens with one attached hydrogen (secondary N) is 1. The van der Waals surface area contributed by atoms with Crippen LogP contribution in [0.2, 0.25) is 0 Å². The van der Waals surface area contributed by atoms with Crippen LogP contribution < -0.4 is 5.32 Å². The molecular weight excluding hydrogens is 504 g/mol. The lowest BCUT2D eigenvalue weighted by atomic mass is 9.42. The van der Waals surface area contributed by atoms with E-state index in [2.05, 4.69) is 47.8 Å². The molecule has 0 aliphatic heterocycles. The summed E-state index contributed by atoms with van der Waals surface area (Å²) in [6, 6.07) is 25.9. The van der Waals surface area contributed by atoms with Gasteiger partial charge in [0.25, 0.3) is 5.91 Å². The molecule has 0 spiro atoms. The van der Waals surface area contributed by atoms with Crippen LogP contribution >= 0.6 is 0 Å². The fourth-order valence-corrected chi connectivity index (χ4v) is 9.79. The lowest BCUT2D eigenvalue weighted by Crippen LogP contribution is -2.55. The Hall–Kier alpha value is -2.96. The van der Waals surface area contributed by atoms with Crippen LogP contribution in [0.4, 0.5) is 5.69 Å². The predicted octanol–water partition coefficient (Wildman–Crippen LogP) is 6.76. The smallest absolute Gasteiger partial charge is 0.255 e. The fourth-order valence-electron chi connectivity index (χ4n) is 8.33. The standard InChI is InChI=1S/C33H38N2O3S/c1-3-35(4-2)39(37,38)30-16-10-26(11-17-30)31(36)34-29-14-12-28(13-15-29)33-21-24-18-25(22-33)20-32(19-24,23-33)27-8-6-5-7-9-27/h5-17,24-25H,3-4,18-23H2,1-2H3,(H,34,36). The summed E-state index contributed by atoms with van der Waals surface area (Å²) in [6.07, 6.45) is 7.76. The van der Waals surface area contributed by atoms with Crippen LogP contribution in [-0.4, -0.2) is 31.7 Å². The third kappa shape index (κ3) is 4.62. The van der Waals surface area contributed by atoms with E-state index >= 15 is 0 Å². The van der Waals surface area contributed by atoms with Gasteiger partial charge in [-0.25, -0.2) is 8.42 Å². The van der Waals surface area contributed by atoms with Crippen molar-refractivity contribution in [3.05, 3.63) is 95.6 Å². The summed E-state index contributed by atoms with van der Waals surface area (Å²) < 4.78 is 26.9. The molecule has 0 radical (unpaired) electrons. The molecule has 3 aromatic rings. The molecule has 4 aliphatic carbocycles. The molecule has 4 bridgehead atoms. The highest BCUT2D eigenvalue weighted by Gasteiger charge is 2.58. The summed E-state index contributed by atoms with van der Waals surface area (Å²) in [7, 11) is -3.55. The first-order valence-electron chi connectivity index (χ1n) is 14.3. The monoisotopic (exact) mass is 542 g/mol. The maximum Gasteiger partial charge on any atom is 0.255 e. The Bertz CT molecular complexity index is 1430. The van der Waals surface area contributed by atoms with Gasteiger partial charge in [-0.15, -0.1) is 0 Å². The number of hydrogen-bond acceptors (Lipinski definition) is 3. The summed E-state index contributed by atoms with van der Waals surface area (Å²) in [5.41, 5.74) is 4.62. The van der Waals surface area contributed by atoms with E-state index in [4.69, 9.17) is 0 Å². The molecule has 4 saturated carbocycles. The zero-order valence-electron chi connectivity index (χ0n) is 22.9. The summed E-state index contributed by atoms with van der Waals surface area (Å²) in [6.45, 7) is 4.46. The van der Waals surface area contributed by atoms with E-state index < -0.39 is 10.0 Å². The Morgan fingerprint density at radius 2 is 1.33 bits per heavy atom. The summed E-state index contributed by atoms with van der Waals surface area (Å²) in [4.78, 5) is 13.2. The normalized spacial score (nSPS) is 27.6. The van der Waals surface area contributed by atoms with Crippen molar-refractivity contribution in [2.75, 3.05) is 18.4 Å². The van der Waals surface area contributed by atoms with E-state index in [1.165, 1.54) is 66.1 Å². The van der Waals surface area contributed by atoms with Crippen LogP contribution in [0.15, 0.2) is 83.8 Å². The van der Waals surface area contributed by atoms with Gasteiger partial charge in [-0.05, 0) is 109 Å². The average Bonchev–Trinajstić information content (AvgIpc) is 2.94. The molecule has 2 unspecified atom stereocenters. The second-order valence-corrected chi connectivity index (χ2v) is 14.0. The van der Waals surface area contributed by atoms with Gasteiger partial charge >= 0.3 is 0 Å². The highest BCUT2D eigenvalue weighted by atomic mass is 32.2. The van der Waals surface area contributed by atoms with Gasteiger partial charge in [0, 0.05) is 24.3 Å². The maximum atomic E-state index is 13.0. The number of carbonyl (C=O) groups excluding carboxylic acids is 1. The Morgan fingerprint density at radius 1 is 0.795 bits per heavy atom. The zero-order valence-corrected chi connectivity index (χ0v) is 23.7. The van der Waals surface area contributed by atoms with E-state index in [0.717, 1.165) is 17.5 Å². The van der Waals surface area contributed by atoms with Gasteiger partial charge in [0.1, 0.15) is 0 Å². The van der Waals surface area contributed by atoms with Crippen molar-refractivity contribution < 1.29 is 13.2 Å². The second kappa shape index (κ2) is 9.90. The molecule has 204 valence electrons. The van der Waals surface area contributed by atoms with E-state index in [9.17, 15) is 13.2 Å². The van der Waals surface area contributed by atoms with Gasteiger partial charge in [0.15, 0.2) is 0 Å². The minimum absolute atomic E-state index is 0.205. The maximum absolute atomic E-state index is 13.0. The van der Waals surface area contributed by atoms with Crippen molar-refractivity contribution in [3.63, 3.8) is 0 Å². The number of carbonyl (C=O) groups is 1. The van der Waals surface area contributed by atoms with Crippen LogP contribution in [-0.2, 0) is 20.9 Å². The first-order chi connectivity index (χ1) is 18.8. The van der Waals surface area contributed by atoms with E-state index in [0.29, 0.717) is 24.1 Å². The highest BCUT2D eigenvalue weighted by molar-refractivity contribution is 7.89. The van der Waals surface area contributed by atoms with Gasteiger partial charge in [-0.3, -0.25) is 4.79 Å². The molecule has 5 nitrogen and oxygen atoms in total. The van der Waals surface area contributed by atoms with Crippen molar-refractivity contribution in [1.82, 2.24) is 4.31 Å². The number of benzene rings is 3. The molecule has 1 amide bonds. The third-order valence-electron chi connectivity index (χ3n) is 9.66. The molecule has 0 aromatic heterocycles. The lowest BCUT2D eigenvalue weighted by molar-refractivity contribution is -0.0281. The van der Waals surface area contributed by atoms with Crippen molar-refractivity contribution >= 4 is 21.6 Å². The van der Waals surface area contributed by atoms with E-state index in [1.807, 2.05) is 26.0 Å². The van der Waals surface area contributed by atoms with Crippen molar-refractivity contribution in [3.8, 4) is 0 Å². The first-order valence-corrected chi connectivity index (χ1v) is 15.8. The number of amides is 1. The summed E-state index contributed by atoms with van der Waals surface area (Å²) in [5, 5.41) is 3.00. The number of nitrogens with zero attached hydrogens (tertiary/aromatic N) is 1. The molecule has 6 heteroatoms. The molecule has 4 aliphatic rings. The number of anilines is 1. The molecule has 7 rings (SSSR count). The van der Waals surface area contributed by atoms with Crippen LogP contribution in [0.25, 0.3) is 0 Å². The largest absolute Gasteiger partial charge is 0.322 e. The number of rotatable bonds is 8. The molecular formula is C33H38N2O3S. The SMILES string of the molecule is CCN(CC)S(=O)(=O)c1ccc(C(=O)Nc2ccc(C34CC5CC(CC(c6ccccc6)(C5)C3)C4)cc2)cc1.